The Balaban J connectivity index is 1.98. The number of hydrogen-bond acceptors (Lipinski definition) is 3. The Labute approximate surface area is 119 Å². The van der Waals surface area contributed by atoms with Crippen LogP contribution in [0.3, 0.4) is 0 Å². The zero-order valence-corrected chi connectivity index (χ0v) is 12.0. The van der Waals surface area contributed by atoms with Gasteiger partial charge in [0.05, 0.1) is 6.20 Å². The molecule has 0 fully saturated rings. The molecule has 5 nitrogen and oxygen atoms in total. The molecule has 0 aliphatic carbocycles. The Kier molecular flexibility index (Phi) is 4.87. The molecule has 0 radical (unpaired) electrons. The van der Waals surface area contributed by atoms with Crippen LogP contribution in [0.5, 0.6) is 0 Å². The van der Waals surface area contributed by atoms with Crippen molar-refractivity contribution in [2.45, 2.75) is 32.7 Å². The van der Waals surface area contributed by atoms with Crippen LogP contribution in [-0.4, -0.2) is 20.7 Å². The van der Waals surface area contributed by atoms with Gasteiger partial charge in [-0.3, -0.25) is 14.5 Å². The van der Waals surface area contributed by atoms with Crippen molar-refractivity contribution in [2.75, 3.05) is 0 Å². The molecule has 5 heteroatoms. The highest BCUT2D eigenvalue weighted by Crippen LogP contribution is 2.18. The summed E-state index contributed by atoms with van der Waals surface area (Å²) < 4.78 is 1.76. The van der Waals surface area contributed by atoms with Gasteiger partial charge in [-0.2, -0.15) is 5.10 Å². The van der Waals surface area contributed by atoms with Gasteiger partial charge in [-0.15, -0.1) is 0 Å². The molecule has 0 unspecified atom stereocenters. The van der Waals surface area contributed by atoms with Gasteiger partial charge in [0.25, 0.3) is 0 Å². The number of carbonyl (C=O) groups is 1. The predicted molar refractivity (Wildman–Crippen MR) is 77.8 cm³/mol. The number of carbonyl (C=O) groups excluding carboxylic acids is 1. The van der Waals surface area contributed by atoms with E-state index in [1.165, 1.54) is 0 Å². The Morgan fingerprint density at radius 2 is 2.15 bits per heavy atom. The largest absolute Gasteiger partial charge is 0.352 e. The van der Waals surface area contributed by atoms with Crippen molar-refractivity contribution < 1.29 is 4.79 Å². The first kappa shape index (κ1) is 14.2. The molecule has 1 amide bonds. The molecule has 0 aliphatic heterocycles. The van der Waals surface area contributed by atoms with Gasteiger partial charge in [0.1, 0.15) is 0 Å². The van der Waals surface area contributed by atoms with E-state index in [0.29, 0.717) is 13.0 Å². The van der Waals surface area contributed by atoms with Crippen molar-refractivity contribution in [1.82, 2.24) is 20.1 Å². The normalized spacial score (nSPS) is 10.5. The van der Waals surface area contributed by atoms with Crippen LogP contribution in [-0.2, 0) is 18.4 Å². The summed E-state index contributed by atoms with van der Waals surface area (Å²) in [5.41, 5.74) is 3.04. The van der Waals surface area contributed by atoms with E-state index < -0.39 is 0 Å². The highest BCUT2D eigenvalue weighted by molar-refractivity contribution is 5.75. The highest BCUT2D eigenvalue weighted by atomic mass is 16.1. The molecule has 20 heavy (non-hydrogen) atoms. The summed E-state index contributed by atoms with van der Waals surface area (Å²) in [6.07, 6.45) is 9.89. The van der Waals surface area contributed by atoms with Crippen LogP contribution in [0.25, 0.3) is 11.1 Å². The summed E-state index contributed by atoms with van der Waals surface area (Å²) in [4.78, 5) is 15.8. The van der Waals surface area contributed by atoms with Gasteiger partial charge < -0.3 is 5.32 Å². The summed E-state index contributed by atoms with van der Waals surface area (Å²) in [5, 5.41) is 7.07. The first-order chi connectivity index (χ1) is 9.69. The first-order valence-corrected chi connectivity index (χ1v) is 6.88. The van der Waals surface area contributed by atoms with Crippen LogP contribution in [0, 0.1) is 0 Å². The van der Waals surface area contributed by atoms with Gasteiger partial charge in [-0.1, -0.05) is 13.3 Å². The van der Waals surface area contributed by atoms with Crippen molar-refractivity contribution in [3.05, 3.63) is 36.4 Å². The van der Waals surface area contributed by atoms with Crippen LogP contribution in [0.4, 0.5) is 0 Å². The fourth-order valence-electron chi connectivity index (χ4n) is 1.94. The van der Waals surface area contributed by atoms with Crippen LogP contribution in [0.2, 0.25) is 0 Å². The number of aromatic nitrogens is 3. The van der Waals surface area contributed by atoms with Crippen molar-refractivity contribution in [2.24, 2.45) is 7.05 Å². The summed E-state index contributed by atoms with van der Waals surface area (Å²) in [6.45, 7) is 2.60. The van der Waals surface area contributed by atoms with E-state index in [9.17, 15) is 4.79 Å². The average Bonchev–Trinajstić information content (AvgIpc) is 2.90. The number of pyridine rings is 1. The summed E-state index contributed by atoms with van der Waals surface area (Å²) >= 11 is 0. The lowest BCUT2D eigenvalue weighted by Crippen LogP contribution is -2.22. The minimum absolute atomic E-state index is 0.0960. The standard InChI is InChI=1S/C15H20N4O/c1-3-4-5-15(20)17-8-12-6-13(9-16-7-12)14-10-18-19(2)11-14/h6-7,9-11H,3-5,8H2,1-2H3,(H,17,20). The molecular weight excluding hydrogens is 252 g/mol. The SMILES string of the molecule is CCCCC(=O)NCc1cncc(-c2cnn(C)c2)c1. The van der Waals surface area contributed by atoms with Crippen molar-refractivity contribution in [3.63, 3.8) is 0 Å². The summed E-state index contributed by atoms with van der Waals surface area (Å²) in [6, 6.07) is 2.03. The third kappa shape index (κ3) is 3.91. The molecule has 0 aromatic carbocycles. The molecule has 0 aliphatic rings. The Bertz CT molecular complexity index is 577. The first-order valence-electron chi connectivity index (χ1n) is 6.88. The zero-order chi connectivity index (χ0) is 14.4. The quantitative estimate of drug-likeness (QED) is 0.877. The second-order valence-electron chi connectivity index (χ2n) is 4.86. The monoisotopic (exact) mass is 272 g/mol. The van der Waals surface area contributed by atoms with E-state index in [1.54, 1.807) is 23.3 Å². The van der Waals surface area contributed by atoms with E-state index in [1.807, 2.05) is 19.3 Å². The maximum Gasteiger partial charge on any atom is 0.220 e. The average molecular weight is 272 g/mol. The lowest BCUT2D eigenvalue weighted by Gasteiger charge is -2.06. The molecule has 2 rings (SSSR count). The summed E-state index contributed by atoms with van der Waals surface area (Å²) in [7, 11) is 1.88. The second kappa shape index (κ2) is 6.84. The van der Waals surface area contributed by atoms with E-state index >= 15 is 0 Å². The molecular formula is C15H20N4O. The van der Waals surface area contributed by atoms with Crippen LogP contribution in [0.1, 0.15) is 31.7 Å². The number of hydrogen-bond donors (Lipinski definition) is 1. The fraction of sp³-hybridized carbons (Fsp3) is 0.400. The molecule has 1 N–H and O–H groups in total. The van der Waals surface area contributed by atoms with Gasteiger partial charge >= 0.3 is 0 Å². The minimum Gasteiger partial charge on any atom is -0.352 e. The molecule has 2 aromatic rings. The smallest absolute Gasteiger partial charge is 0.220 e. The number of rotatable bonds is 6. The highest BCUT2D eigenvalue weighted by Gasteiger charge is 2.04. The third-order valence-corrected chi connectivity index (χ3v) is 3.08. The molecule has 0 bridgehead atoms. The number of aryl methyl sites for hydroxylation is 1. The predicted octanol–water partition coefficient (Wildman–Crippen LogP) is 2.29. The molecule has 2 heterocycles. The lowest BCUT2D eigenvalue weighted by molar-refractivity contribution is -0.121. The van der Waals surface area contributed by atoms with E-state index in [4.69, 9.17) is 0 Å². The Morgan fingerprint density at radius 3 is 2.85 bits per heavy atom. The maximum absolute atomic E-state index is 11.6. The van der Waals surface area contributed by atoms with Crippen LogP contribution in [0.15, 0.2) is 30.9 Å². The third-order valence-electron chi connectivity index (χ3n) is 3.08. The number of unbranched alkanes of at least 4 members (excludes halogenated alkanes) is 1. The number of nitrogens with one attached hydrogen (secondary N) is 1. The van der Waals surface area contributed by atoms with E-state index in [2.05, 4.69) is 22.3 Å². The van der Waals surface area contributed by atoms with Gasteiger partial charge in [0, 0.05) is 49.7 Å². The second-order valence-corrected chi connectivity index (χ2v) is 4.86. The molecule has 106 valence electrons. The van der Waals surface area contributed by atoms with Crippen molar-refractivity contribution >= 4 is 5.91 Å². The van der Waals surface area contributed by atoms with Gasteiger partial charge in [-0.25, -0.2) is 0 Å². The van der Waals surface area contributed by atoms with Crippen molar-refractivity contribution in [3.8, 4) is 11.1 Å². The molecule has 0 saturated carbocycles. The molecule has 2 aromatic heterocycles. The zero-order valence-electron chi connectivity index (χ0n) is 12.0. The van der Waals surface area contributed by atoms with Gasteiger partial charge in [0.15, 0.2) is 0 Å². The topological polar surface area (TPSA) is 59.8 Å². The number of nitrogens with zero attached hydrogens (tertiary/aromatic N) is 3. The molecule has 0 atom stereocenters. The van der Waals surface area contributed by atoms with Crippen molar-refractivity contribution in [1.29, 1.82) is 0 Å². The Hall–Kier alpha value is -2.17. The maximum atomic E-state index is 11.6. The summed E-state index contributed by atoms with van der Waals surface area (Å²) in [5.74, 6) is 0.0960. The van der Waals surface area contributed by atoms with Crippen LogP contribution < -0.4 is 5.32 Å². The lowest BCUT2D eigenvalue weighted by atomic mass is 10.1. The molecule has 0 saturated heterocycles. The fourth-order valence-corrected chi connectivity index (χ4v) is 1.94. The van der Waals surface area contributed by atoms with Gasteiger partial charge in [0.2, 0.25) is 5.91 Å². The van der Waals surface area contributed by atoms with E-state index in [0.717, 1.165) is 29.5 Å². The van der Waals surface area contributed by atoms with Gasteiger partial charge in [-0.05, 0) is 18.1 Å². The van der Waals surface area contributed by atoms with E-state index in [-0.39, 0.29) is 5.91 Å². The molecule has 0 spiro atoms. The van der Waals surface area contributed by atoms with Crippen LogP contribution >= 0.6 is 0 Å². The minimum atomic E-state index is 0.0960. The number of amides is 1. The Morgan fingerprint density at radius 1 is 1.30 bits per heavy atom.